The first-order valence-electron chi connectivity index (χ1n) is 14.2. The molecule has 0 atom stereocenters. The maximum absolute atomic E-state index is 10.1. The Morgan fingerprint density at radius 1 is 0.432 bits per heavy atom. The van der Waals surface area contributed by atoms with Gasteiger partial charge in [-0.25, -0.2) is 0 Å². The minimum atomic E-state index is 0.590. The fourth-order valence-electron chi connectivity index (χ4n) is 6.56. The largest absolute Gasteiger partial charge is 0.309 e. The minimum absolute atomic E-state index is 0.590. The Bertz CT molecular complexity index is 2580. The quantitative estimate of drug-likeness (QED) is 0.216. The highest BCUT2D eigenvalue weighted by atomic mass is 15.0. The molecule has 8 aromatic rings. The lowest BCUT2D eigenvalue weighted by molar-refractivity contribution is 1.16. The van der Waals surface area contributed by atoms with Crippen LogP contribution in [0.3, 0.4) is 0 Å². The van der Waals surface area contributed by atoms with E-state index < -0.39 is 0 Å². The zero-order valence-electron chi connectivity index (χ0n) is 23.4. The van der Waals surface area contributed by atoms with Crippen LogP contribution in [-0.2, 0) is 0 Å². The maximum atomic E-state index is 10.1. The summed E-state index contributed by atoms with van der Waals surface area (Å²) in [7, 11) is 0. The van der Waals surface area contributed by atoms with E-state index in [2.05, 4.69) is 75.9 Å². The van der Waals surface area contributed by atoms with Crippen molar-refractivity contribution in [2.24, 2.45) is 0 Å². The zero-order valence-corrected chi connectivity index (χ0v) is 23.4. The predicted molar refractivity (Wildman–Crippen MR) is 175 cm³/mol. The molecule has 0 bridgehead atoms. The monoisotopic (exact) mass is 559 g/mol. The Kier molecular flexibility index (Phi) is 5.56. The van der Waals surface area contributed by atoms with Gasteiger partial charge in [-0.05, 0) is 60.7 Å². The van der Waals surface area contributed by atoms with E-state index in [0.29, 0.717) is 16.7 Å². The van der Waals surface area contributed by atoms with Crippen molar-refractivity contribution >= 4 is 43.6 Å². The average Bonchev–Trinajstić information content (AvgIpc) is 3.61. The van der Waals surface area contributed by atoms with Gasteiger partial charge in [0.1, 0.15) is 6.07 Å². The van der Waals surface area contributed by atoms with Crippen LogP contribution < -0.4 is 0 Å². The summed E-state index contributed by atoms with van der Waals surface area (Å²) in [6.07, 6.45) is 0. The number of nitriles is 3. The van der Waals surface area contributed by atoms with Crippen LogP contribution >= 0.6 is 0 Å². The molecule has 8 rings (SSSR count). The predicted octanol–water partition coefficient (Wildman–Crippen LogP) is 9.16. The second-order valence-electron chi connectivity index (χ2n) is 10.7. The highest BCUT2D eigenvalue weighted by Crippen LogP contribution is 2.43. The Labute approximate surface area is 252 Å². The maximum Gasteiger partial charge on any atom is 0.101 e. The molecule has 0 radical (unpaired) electrons. The number of benzene rings is 6. The van der Waals surface area contributed by atoms with Gasteiger partial charge in [0.25, 0.3) is 0 Å². The topological polar surface area (TPSA) is 81.2 Å². The van der Waals surface area contributed by atoms with Gasteiger partial charge in [-0.3, -0.25) is 0 Å². The van der Waals surface area contributed by atoms with Gasteiger partial charge < -0.3 is 9.13 Å². The Hall–Kier alpha value is -6.61. The first-order chi connectivity index (χ1) is 21.7. The third-order valence-electron chi connectivity index (χ3n) is 8.42. The van der Waals surface area contributed by atoms with Crippen LogP contribution in [0, 0.1) is 34.0 Å². The molecule has 2 aromatic heterocycles. The Morgan fingerprint density at radius 3 is 1.75 bits per heavy atom. The van der Waals surface area contributed by atoms with Crippen LogP contribution in [0.25, 0.3) is 66.1 Å². The molecule has 6 aromatic carbocycles. The average molecular weight is 560 g/mol. The molecular weight excluding hydrogens is 538 g/mol. The van der Waals surface area contributed by atoms with Crippen molar-refractivity contribution in [2.45, 2.75) is 0 Å². The second-order valence-corrected chi connectivity index (χ2v) is 10.7. The molecule has 2 heterocycles. The van der Waals surface area contributed by atoms with Gasteiger partial charge >= 0.3 is 0 Å². The van der Waals surface area contributed by atoms with Crippen LogP contribution in [0.5, 0.6) is 0 Å². The molecule has 0 spiro atoms. The summed E-state index contributed by atoms with van der Waals surface area (Å²) in [5.74, 6) is 0. The molecule has 0 aliphatic heterocycles. The van der Waals surface area contributed by atoms with Gasteiger partial charge in [0.05, 0.1) is 56.6 Å². The Balaban J connectivity index is 1.56. The summed E-state index contributed by atoms with van der Waals surface area (Å²) in [4.78, 5) is 0. The van der Waals surface area contributed by atoms with Crippen LogP contribution in [0.1, 0.15) is 16.7 Å². The molecule has 0 saturated heterocycles. The lowest BCUT2D eigenvalue weighted by atomic mass is 9.98. The van der Waals surface area contributed by atoms with E-state index >= 15 is 0 Å². The molecule has 0 fully saturated rings. The van der Waals surface area contributed by atoms with Crippen LogP contribution in [0.2, 0.25) is 0 Å². The third-order valence-corrected chi connectivity index (χ3v) is 8.42. The number of fused-ring (bicyclic) bond motifs is 6. The first kappa shape index (κ1) is 25.1. The zero-order chi connectivity index (χ0) is 29.8. The SMILES string of the molecule is N#Cc1ccc(-n2c3ccc(C#N)cc3c3cccc(-c4cccc5c6ccccc6n(-c6ccccc6C#N)c45)c32)cc1. The first-order valence-corrected chi connectivity index (χ1v) is 14.2. The molecule has 44 heavy (non-hydrogen) atoms. The summed E-state index contributed by atoms with van der Waals surface area (Å²) in [6.45, 7) is 0. The van der Waals surface area contributed by atoms with E-state index in [1.807, 2.05) is 78.9 Å². The molecule has 0 saturated carbocycles. The molecule has 0 N–H and O–H groups in total. The molecule has 5 heteroatoms. The normalized spacial score (nSPS) is 11.1. The Morgan fingerprint density at radius 2 is 1.02 bits per heavy atom. The van der Waals surface area contributed by atoms with E-state index in [1.165, 1.54) is 0 Å². The van der Waals surface area contributed by atoms with Crippen molar-refractivity contribution in [3.05, 3.63) is 144 Å². The minimum Gasteiger partial charge on any atom is -0.309 e. The molecule has 5 nitrogen and oxygen atoms in total. The van der Waals surface area contributed by atoms with Crippen molar-refractivity contribution < 1.29 is 0 Å². The lowest BCUT2D eigenvalue weighted by Gasteiger charge is -2.15. The van der Waals surface area contributed by atoms with E-state index in [0.717, 1.165) is 66.1 Å². The number of hydrogen-bond donors (Lipinski definition) is 0. The molecule has 0 aliphatic carbocycles. The highest BCUT2D eigenvalue weighted by molar-refractivity contribution is 6.19. The number of hydrogen-bond acceptors (Lipinski definition) is 3. The number of aromatic nitrogens is 2. The van der Waals surface area contributed by atoms with Crippen LogP contribution in [0.15, 0.2) is 127 Å². The molecule has 0 amide bonds. The van der Waals surface area contributed by atoms with Gasteiger partial charge in [-0.2, -0.15) is 15.8 Å². The standard InChI is InChI=1S/C39H21N5/c40-22-25-15-18-28(19-16-25)43-37-20-17-26(23-41)21-34(37)33-12-6-10-31(38(33)43)32-11-5-9-30-29-8-2-4-14-36(29)44(39(30)32)35-13-3-1-7-27(35)24-42/h1-21H. The smallest absolute Gasteiger partial charge is 0.101 e. The number of nitrogens with zero attached hydrogens (tertiary/aromatic N) is 5. The summed E-state index contributed by atoms with van der Waals surface area (Å²) in [5.41, 5.74) is 9.58. The summed E-state index contributed by atoms with van der Waals surface area (Å²) >= 11 is 0. The van der Waals surface area contributed by atoms with Crippen LogP contribution in [0.4, 0.5) is 0 Å². The fraction of sp³-hybridized carbons (Fsp3) is 0. The van der Waals surface area contributed by atoms with Crippen molar-refractivity contribution in [3.63, 3.8) is 0 Å². The van der Waals surface area contributed by atoms with E-state index in [9.17, 15) is 15.8 Å². The fourth-order valence-corrected chi connectivity index (χ4v) is 6.56. The summed E-state index contributed by atoms with van der Waals surface area (Å²) in [5, 5.41) is 33.5. The van der Waals surface area contributed by atoms with Crippen LogP contribution in [-0.4, -0.2) is 9.13 Å². The molecule has 0 unspecified atom stereocenters. The van der Waals surface area contributed by atoms with E-state index in [-0.39, 0.29) is 0 Å². The summed E-state index contributed by atoms with van der Waals surface area (Å²) in [6, 6.07) is 49.0. The lowest BCUT2D eigenvalue weighted by Crippen LogP contribution is -1.99. The van der Waals surface area contributed by atoms with Crippen molar-refractivity contribution in [1.82, 2.24) is 9.13 Å². The van der Waals surface area contributed by atoms with E-state index in [4.69, 9.17) is 0 Å². The molecule has 0 aliphatic rings. The summed E-state index contributed by atoms with van der Waals surface area (Å²) < 4.78 is 4.43. The van der Waals surface area contributed by atoms with Gasteiger partial charge in [0, 0.05) is 38.4 Å². The van der Waals surface area contributed by atoms with Gasteiger partial charge in [-0.15, -0.1) is 0 Å². The van der Waals surface area contributed by atoms with Gasteiger partial charge in [0.2, 0.25) is 0 Å². The van der Waals surface area contributed by atoms with Crippen molar-refractivity contribution in [3.8, 4) is 40.7 Å². The van der Waals surface area contributed by atoms with Gasteiger partial charge in [0.15, 0.2) is 0 Å². The second kappa shape index (κ2) is 9.74. The van der Waals surface area contributed by atoms with E-state index in [1.54, 1.807) is 0 Å². The third kappa shape index (κ3) is 3.56. The van der Waals surface area contributed by atoms with Crippen molar-refractivity contribution in [2.75, 3.05) is 0 Å². The number of rotatable bonds is 3. The van der Waals surface area contributed by atoms with Gasteiger partial charge in [-0.1, -0.05) is 66.7 Å². The molecule has 202 valence electrons. The van der Waals surface area contributed by atoms with Crippen molar-refractivity contribution in [1.29, 1.82) is 15.8 Å². The number of para-hydroxylation sites is 4. The molecular formula is C39H21N5. The highest BCUT2D eigenvalue weighted by Gasteiger charge is 2.22.